The lowest BCUT2D eigenvalue weighted by molar-refractivity contribution is 0.556. The van der Waals surface area contributed by atoms with Gasteiger partial charge in [-0.05, 0) is 49.5 Å². The number of hydrogen-bond acceptors (Lipinski definition) is 1. The van der Waals surface area contributed by atoms with Crippen molar-refractivity contribution in [1.29, 1.82) is 0 Å². The molecule has 0 aliphatic rings. The molecule has 18 heavy (non-hydrogen) atoms. The molecule has 1 aromatic carbocycles. The van der Waals surface area contributed by atoms with Crippen LogP contribution in [0.2, 0.25) is 5.02 Å². The van der Waals surface area contributed by atoms with Gasteiger partial charge in [-0.15, -0.1) is 0 Å². The summed E-state index contributed by atoms with van der Waals surface area (Å²) in [6.45, 7) is 6.43. The van der Waals surface area contributed by atoms with Gasteiger partial charge in [-0.1, -0.05) is 43.7 Å². The summed E-state index contributed by atoms with van der Waals surface area (Å²) in [6, 6.07) is 4.53. The fourth-order valence-corrected chi connectivity index (χ4v) is 1.84. The molecule has 0 saturated carbocycles. The van der Waals surface area contributed by atoms with Gasteiger partial charge in [0.2, 0.25) is 0 Å². The molecule has 0 aliphatic heterocycles. The Morgan fingerprint density at radius 2 is 2.11 bits per heavy atom. The van der Waals surface area contributed by atoms with Gasteiger partial charge in [-0.2, -0.15) is 0 Å². The first-order valence-electron chi connectivity index (χ1n) is 6.39. The minimum Gasteiger partial charge on any atom is -0.316 e. The summed E-state index contributed by atoms with van der Waals surface area (Å²) in [5.74, 6) is 0.401. The quantitative estimate of drug-likeness (QED) is 0.577. The molecule has 0 atom stereocenters. The number of benzene rings is 1. The third-order valence-corrected chi connectivity index (χ3v) is 2.91. The Kier molecular flexibility index (Phi) is 6.99. The molecule has 3 heteroatoms. The smallest absolute Gasteiger partial charge is 0.124 e. The van der Waals surface area contributed by atoms with Crippen molar-refractivity contribution in [2.45, 2.75) is 26.7 Å². The monoisotopic (exact) mass is 269 g/mol. The van der Waals surface area contributed by atoms with E-state index in [4.69, 9.17) is 11.6 Å². The fraction of sp³-hybridized carbons (Fsp3) is 0.467. The average molecular weight is 270 g/mol. The van der Waals surface area contributed by atoms with E-state index in [0.29, 0.717) is 10.9 Å². The topological polar surface area (TPSA) is 12.0 Å². The largest absolute Gasteiger partial charge is 0.316 e. The summed E-state index contributed by atoms with van der Waals surface area (Å²) in [4.78, 5) is 0. The zero-order valence-corrected chi connectivity index (χ0v) is 11.8. The summed E-state index contributed by atoms with van der Waals surface area (Å²) < 4.78 is 12.8. The summed E-state index contributed by atoms with van der Waals surface area (Å²) in [5, 5.41) is 3.87. The van der Waals surface area contributed by atoms with Gasteiger partial charge in [-0.3, -0.25) is 0 Å². The van der Waals surface area contributed by atoms with E-state index in [1.807, 2.05) is 0 Å². The molecule has 0 fully saturated rings. The highest BCUT2D eigenvalue weighted by molar-refractivity contribution is 6.31. The van der Waals surface area contributed by atoms with Gasteiger partial charge in [0.25, 0.3) is 0 Å². The second kappa shape index (κ2) is 8.28. The van der Waals surface area contributed by atoms with Gasteiger partial charge in [-0.25, -0.2) is 4.39 Å². The molecule has 0 unspecified atom stereocenters. The van der Waals surface area contributed by atoms with E-state index >= 15 is 0 Å². The number of hydrogen-bond donors (Lipinski definition) is 1. The third kappa shape index (κ3) is 6.18. The van der Waals surface area contributed by atoms with Crippen LogP contribution in [0.25, 0.3) is 0 Å². The predicted molar refractivity (Wildman–Crippen MR) is 76.6 cm³/mol. The molecule has 0 heterocycles. The Labute approximate surface area is 114 Å². The van der Waals surface area contributed by atoms with Crippen LogP contribution in [0, 0.1) is 11.7 Å². The van der Waals surface area contributed by atoms with E-state index in [0.717, 1.165) is 31.5 Å². The van der Waals surface area contributed by atoms with Crippen LogP contribution < -0.4 is 5.32 Å². The molecule has 0 aliphatic carbocycles. The lowest BCUT2D eigenvalue weighted by atomic mass is 10.1. The molecule has 0 spiro atoms. The van der Waals surface area contributed by atoms with Crippen LogP contribution in [-0.4, -0.2) is 13.1 Å². The van der Waals surface area contributed by atoms with Crippen molar-refractivity contribution in [3.05, 3.63) is 46.8 Å². The lowest BCUT2D eigenvalue weighted by Gasteiger charge is -2.05. The molecule has 0 saturated heterocycles. The van der Waals surface area contributed by atoms with E-state index < -0.39 is 0 Å². The molecular weight excluding hydrogens is 249 g/mol. The highest BCUT2D eigenvalue weighted by Gasteiger charge is 1.99. The summed E-state index contributed by atoms with van der Waals surface area (Å²) >= 11 is 5.94. The number of rotatable bonds is 7. The van der Waals surface area contributed by atoms with Crippen molar-refractivity contribution in [3.8, 4) is 0 Å². The van der Waals surface area contributed by atoms with Crippen LogP contribution in [0.15, 0.2) is 30.4 Å². The molecule has 1 nitrogen and oxygen atoms in total. The van der Waals surface area contributed by atoms with Crippen molar-refractivity contribution in [2.24, 2.45) is 5.92 Å². The number of nitrogens with one attached hydrogen (secondary N) is 1. The van der Waals surface area contributed by atoms with E-state index in [1.165, 1.54) is 12.1 Å². The number of allylic oxidation sites excluding steroid dienone is 1. The van der Waals surface area contributed by atoms with Crippen molar-refractivity contribution < 1.29 is 4.39 Å². The van der Waals surface area contributed by atoms with E-state index in [1.54, 1.807) is 6.07 Å². The van der Waals surface area contributed by atoms with E-state index in [2.05, 4.69) is 31.3 Å². The molecule has 1 rings (SSSR count). The zero-order valence-electron chi connectivity index (χ0n) is 11.0. The van der Waals surface area contributed by atoms with Crippen molar-refractivity contribution >= 4 is 11.6 Å². The van der Waals surface area contributed by atoms with Gasteiger partial charge in [0.05, 0.1) is 0 Å². The molecule has 1 N–H and O–H groups in total. The van der Waals surface area contributed by atoms with Crippen LogP contribution in [0.1, 0.15) is 25.8 Å². The van der Waals surface area contributed by atoms with Crippen LogP contribution in [0.5, 0.6) is 0 Å². The third-order valence-electron chi connectivity index (χ3n) is 2.56. The summed E-state index contributed by atoms with van der Waals surface area (Å²) in [6.07, 6.45) is 5.97. The fourth-order valence-electron chi connectivity index (χ4n) is 1.59. The summed E-state index contributed by atoms with van der Waals surface area (Å²) in [5.41, 5.74) is 0.962. The molecule has 0 amide bonds. The minimum absolute atomic E-state index is 0.286. The Balaban J connectivity index is 2.24. The van der Waals surface area contributed by atoms with Gasteiger partial charge in [0, 0.05) is 5.02 Å². The zero-order chi connectivity index (χ0) is 13.4. The lowest BCUT2D eigenvalue weighted by Crippen LogP contribution is -2.20. The van der Waals surface area contributed by atoms with Gasteiger partial charge in [0.15, 0.2) is 0 Å². The first-order valence-corrected chi connectivity index (χ1v) is 6.77. The van der Waals surface area contributed by atoms with Crippen LogP contribution in [0.3, 0.4) is 0 Å². The van der Waals surface area contributed by atoms with E-state index in [9.17, 15) is 4.39 Å². The molecule has 1 aromatic rings. The van der Waals surface area contributed by atoms with E-state index in [-0.39, 0.29) is 5.82 Å². The normalized spacial score (nSPS) is 11.6. The molecular formula is C15H21ClFN. The first kappa shape index (κ1) is 15.2. The average Bonchev–Trinajstić information content (AvgIpc) is 2.30. The Morgan fingerprint density at radius 1 is 1.33 bits per heavy atom. The second-order valence-electron chi connectivity index (χ2n) is 4.80. The minimum atomic E-state index is -0.286. The van der Waals surface area contributed by atoms with Crippen molar-refractivity contribution in [1.82, 2.24) is 5.32 Å². The van der Waals surface area contributed by atoms with Gasteiger partial charge in [0.1, 0.15) is 5.82 Å². The van der Waals surface area contributed by atoms with Gasteiger partial charge >= 0.3 is 0 Å². The SMILES string of the molecule is CC(C)CNCC/C=C/Cc1ccc(F)cc1Cl. The summed E-state index contributed by atoms with van der Waals surface area (Å²) in [7, 11) is 0. The maximum atomic E-state index is 12.8. The number of halogens is 2. The predicted octanol–water partition coefficient (Wildman–Crippen LogP) is 4.21. The maximum absolute atomic E-state index is 12.8. The van der Waals surface area contributed by atoms with Crippen LogP contribution >= 0.6 is 11.6 Å². The second-order valence-corrected chi connectivity index (χ2v) is 5.21. The Hall–Kier alpha value is -0.860. The van der Waals surface area contributed by atoms with Crippen molar-refractivity contribution in [3.63, 3.8) is 0 Å². The van der Waals surface area contributed by atoms with Gasteiger partial charge < -0.3 is 5.32 Å². The Bertz CT molecular complexity index is 388. The Morgan fingerprint density at radius 3 is 2.78 bits per heavy atom. The highest BCUT2D eigenvalue weighted by atomic mass is 35.5. The van der Waals surface area contributed by atoms with Crippen LogP contribution in [0.4, 0.5) is 4.39 Å². The first-order chi connectivity index (χ1) is 8.59. The molecule has 0 bridgehead atoms. The van der Waals surface area contributed by atoms with Crippen molar-refractivity contribution in [2.75, 3.05) is 13.1 Å². The highest BCUT2D eigenvalue weighted by Crippen LogP contribution is 2.17. The molecule has 0 radical (unpaired) electrons. The molecule has 100 valence electrons. The standard InChI is InChI=1S/C15H21ClFN/c1-12(2)11-18-9-5-3-4-6-13-7-8-14(17)10-15(13)16/h3-4,7-8,10,12,18H,5-6,9,11H2,1-2H3/b4-3+. The molecule has 0 aromatic heterocycles. The van der Waals surface area contributed by atoms with Crippen LogP contribution in [-0.2, 0) is 6.42 Å². The maximum Gasteiger partial charge on any atom is 0.124 e.